The Kier molecular flexibility index (Phi) is 5.08. The fourth-order valence-electron chi connectivity index (χ4n) is 2.95. The lowest BCUT2D eigenvalue weighted by atomic mass is 9.90. The molecule has 5 heteroatoms. The van der Waals surface area contributed by atoms with Crippen molar-refractivity contribution in [2.45, 2.75) is 12.8 Å². The van der Waals surface area contributed by atoms with Crippen molar-refractivity contribution in [2.75, 3.05) is 5.32 Å². The first-order valence-corrected chi connectivity index (χ1v) is 8.22. The van der Waals surface area contributed by atoms with Crippen LogP contribution < -0.4 is 5.32 Å². The maximum absolute atomic E-state index is 13.1. The Balaban J connectivity index is 1.97. The van der Waals surface area contributed by atoms with Gasteiger partial charge in [-0.05, 0) is 24.1 Å². The van der Waals surface area contributed by atoms with Gasteiger partial charge in [-0.2, -0.15) is 0 Å². The first kappa shape index (κ1) is 17.4. The number of amides is 1. The number of nitro benzene ring substituents is 1. The van der Waals surface area contributed by atoms with E-state index in [1.165, 1.54) is 6.07 Å². The van der Waals surface area contributed by atoms with Crippen molar-refractivity contribution in [3.63, 3.8) is 0 Å². The molecule has 5 nitrogen and oxygen atoms in total. The Hall–Kier alpha value is -3.47. The molecule has 0 fully saturated rings. The van der Waals surface area contributed by atoms with Crippen molar-refractivity contribution < 1.29 is 9.72 Å². The second kappa shape index (κ2) is 7.61. The van der Waals surface area contributed by atoms with E-state index in [1.807, 2.05) is 60.7 Å². The number of rotatable bonds is 5. The lowest BCUT2D eigenvalue weighted by Crippen LogP contribution is -2.22. The highest BCUT2D eigenvalue weighted by atomic mass is 16.6. The van der Waals surface area contributed by atoms with E-state index in [0.29, 0.717) is 11.3 Å². The van der Waals surface area contributed by atoms with E-state index in [9.17, 15) is 14.9 Å². The number of nitro groups is 1. The molecule has 0 radical (unpaired) electrons. The summed E-state index contributed by atoms with van der Waals surface area (Å²) in [6.07, 6.45) is 0. The summed E-state index contributed by atoms with van der Waals surface area (Å²) < 4.78 is 0. The lowest BCUT2D eigenvalue weighted by molar-refractivity contribution is -0.385. The molecule has 0 aliphatic carbocycles. The van der Waals surface area contributed by atoms with Gasteiger partial charge in [-0.25, -0.2) is 0 Å². The molecule has 0 spiro atoms. The highest BCUT2D eigenvalue weighted by Crippen LogP contribution is 2.29. The highest BCUT2D eigenvalue weighted by Gasteiger charge is 2.24. The molecular formula is C21H18N2O3. The summed E-state index contributed by atoms with van der Waals surface area (Å²) in [6, 6.07) is 23.6. The van der Waals surface area contributed by atoms with Gasteiger partial charge in [0.2, 0.25) is 5.91 Å². The first-order valence-electron chi connectivity index (χ1n) is 8.22. The average Bonchev–Trinajstić information content (AvgIpc) is 2.65. The molecule has 0 aliphatic heterocycles. The Morgan fingerprint density at radius 2 is 1.42 bits per heavy atom. The van der Waals surface area contributed by atoms with Crippen molar-refractivity contribution in [3.8, 4) is 0 Å². The fraction of sp³-hybridized carbons (Fsp3) is 0.0952. The van der Waals surface area contributed by atoms with Gasteiger partial charge in [0.05, 0.1) is 22.1 Å². The zero-order valence-electron chi connectivity index (χ0n) is 14.3. The quantitative estimate of drug-likeness (QED) is 0.539. The van der Waals surface area contributed by atoms with Gasteiger partial charge < -0.3 is 5.32 Å². The zero-order valence-corrected chi connectivity index (χ0v) is 14.3. The zero-order chi connectivity index (χ0) is 18.5. The minimum atomic E-state index is -0.504. The molecule has 0 bridgehead atoms. The van der Waals surface area contributed by atoms with Crippen LogP contribution in [0.15, 0.2) is 78.9 Å². The van der Waals surface area contributed by atoms with E-state index in [1.54, 1.807) is 19.1 Å². The SMILES string of the molecule is Cc1c(NC(=O)C(c2ccccc2)c2ccccc2)cccc1[N+](=O)[O-]. The normalized spacial score (nSPS) is 10.5. The van der Waals surface area contributed by atoms with Gasteiger partial charge in [0.25, 0.3) is 5.69 Å². The van der Waals surface area contributed by atoms with Crippen LogP contribution in [0, 0.1) is 17.0 Å². The number of carbonyl (C=O) groups is 1. The second-order valence-corrected chi connectivity index (χ2v) is 5.95. The van der Waals surface area contributed by atoms with Crippen molar-refractivity contribution in [2.24, 2.45) is 0 Å². The Morgan fingerprint density at radius 1 is 0.885 bits per heavy atom. The number of carbonyl (C=O) groups excluding carboxylic acids is 1. The van der Waals surface area contributed by atoms with Crippen LogP contribution in [0.2, 0.25) is 0 Å². The largest absolute Gasteiger partial charge is 0.325 e. The Bertz CT molecular complexity index is 885. The van der Waals surface area contributed by atoms with E-state index in [0.717, 1.165) is 11.1 Å². The molecule has 0 saturated carbocycles. The third-order valence-electron chi connectivity index (χ3n) is 4.29. The molecular weight excluding hydrogens is 328 g/mol. The Morgan fingerprint density at radius 3 is 1.92 bits per heavy atom. The molecule has 0 aromatic heterocycles. The lowest BCUT2D eigenvalue weighted by Gasteiger charge is -2.18. The fourth-order valence-corrected chi connectivity index (χ4v) is 2.95. The standard InChI is InChI=1S/C21H18N2O3/c1-15-18(13-8-14-19(15)23(25)26)22-21(24)20(16-9-4-2-5-10-16)17-11-6-3-7-12-17/h2-14,20H,1H3,(H,22,24). The predicted molar refractivity (Wildman–Crippen MR) is 101 cm³/mol. The van der Waals surface area contributed by atoms with Crippen molar-refractivity contribution >= 4 is 17.3 Å². The van der Waals surface area contributed by atoms with Crippen LogP contribution in [0.25, 0.3) is 0 Å². The molecule has 3 rings (SSSR count). The minimum absolute atomic E-state index is 0.0150. The number of nitrogens with zero attached hydrogens (tertiary/aromatic N) is 1. The molecule has 0 saturated heterocycles. The van der Waals surface area contributed by atoms with Gasteiger partial charge in [0.15, 0.2) is 0 Å². The first-order chi connectivity index (χ1) is 12.6. The third kappa shape index (κ3) is 3.62. The predicted octanol–water partition coefficient (Wildman–Crippen LogP) is 4.67. The maximum Gasteiger partial charge on any atom is 0.274 e. The molecule has 0 atom stereocenters. The molecule has 0 aliphatic rings. The number of hydrogen-bond donors (Lipinski definition) is 1. The molecule has 3 aromatic rings. The van der Waals surface area contributed by atoms with Gasteiger partial charge in [-0.3, -0.25) is 14.9 Å². The van der Waals surface area contributed by atoms with Gasteiger partial charge >= 0.3 is 0 Å². The summed E-state index contributed by atoms with van der Waals surface area (Å²) in [5, 5.41) is 14.0. The average molecular weight is 346 g/mol. The number of hydrogen-bond acceptors (Lipinski definition) is 3. The number of anilines is 1. The molecule has 3 aromatic carbocycles. The van der Waals surface area contributed by atoms with Crippen LogP contribution in [-0.4, -0.2) is 10.8 Å². The van der Waals surface area contributed by atoms with Crippen molar-refractivity contribution in [1.29, 1.82) is 0 Å². The van der Waals surface area contributed by atoms with Crippen LogP contribution in [0.3, 0.4) is 0 Å². The summed E-state index contributed by atoms with van der Waals surface area (Å²) in [6.45, 7) is 1.63. The van der Waals surface area contributed by atoms with Crippen LogP contribution in [-0.2, 0) is 4.79 Å². The van der Waals surface area contributed by atoms with E-state index in [4.69, 9.17) is 0 Å². The summed E-state index contributed by atoms with van der Waals surface area (Å²) in [5.74, 6) is -0.734. The summed E-state index contributed by atoms with van der Waals surface area (Å²) in [5.41, 5.74) is 2.59. The molecule has 26 heavy (non-hydrogen) atoms. The summed E-state index contributed by atoms with van der Waals surface area (Å²) in [4.78, 5) is 23.7. The van der Waals surface area contributed by atoms with Crippen molar-refractivity contribution in [1.82, 2.24) is 0 Å². The molecule has 0 heterocycles. The second-order valence-electron chi connectivity index (χ2n) is 5.95. The van der Waals surface area contributed by atoms with Crippen molar-refractivity contribution in [3.05, 3.63) is 106 Å². The number of benzene rings is 3. The smallest absolute Gasteiger partial charge is 0.274 e. The Labute approximate surface area is 151 Å². The monoisotopic (exact) mass is 346 g/mol. The van der Waals surface area contributed by atoms with E-state index < -0.39 is 10.8 Å². The molecule has 1 N–H and O–H groups in total. The van der Waals surface area contributed by atoms with Gasteiger partial charge in [0, 0.05) is 6.07 Å². The van der Waals surface area contributed by atoms with Gasteiger partial charge in [-0.1, -0.05) is 66.7 Å². The van der Waals surface area contributed by atoms with Crippen LogP contribution >= 0.6 is 0 Å². The van der Waals surface area contributed by atoms with E-state index in [2.05, 4.69) is 5.32 Å². The topological polar surface area (TPSA) is 72.2 Å². The molecule has 0 unspecified atom stereocenters. The third-order valence-corrected chi connectivity index (χ3v) is 4.29. The minimum Gasteiger partial charge on any atom is -0.325 e. The van der Waals surface area contributed by atoms with Crippen LogP contribution in [0.4, 0.5) is 11.4 Å². The maximum atomic E-state index is 13.1. The van der Waals surface area contributed by atoms with Gasteiger partial charge in [-0.15, -0.1) is 0 Å². The van der Waals surface area contributed by atoms with Crippen LogP contribution in [0.1, 0.15) is 22.6 Å². The molecule has 1 amide bonds. The number of nitrogens with one attached hydrogen (secondary N) is 1. The van der Waals surface area contributed by atoms with Gasteiger partial charge in [0.1, 0.15) is 0 Å². The summed E-state index contributed by atoms with van der Waals surface area (Å²) >= 11 is 0. The molecule has 130 valence electrons. The summed E-state index contributed by atoms with van der Waals surface area (Å²) in [7, 11) is 0. The van der Waals surface area contributed by atoms with Crippen LogP contribution in [0.5, 0.6) is 0 Å². The van der Waals surface area contributed by atoms with E-state index >= 15 is 0 Å². The highest BCUT2D eigenvalue weighted by molar-refractivity contribution is 5.99. The van der Waals surface area contributed by atoms with E-state index in [-0.39, 0.29) is 11.6 Å².